The van der Waals surface area contributed by atoms with Crippen molar-refractivity contribution >= 4 is 35.6 Å². The monoisotopic (exact) mass is 447 g/mol. The summed E-state index contributed by atoms with van der Waals surface area (Å²) in [5.74, 6) is -6.12. The van der Waals surface area contributed by atoms with Crippen molar-refractivity contribution in [3.63, 3.8) is 0 Å². The molecule has 0 aromatic carbocycles. The molecule has 176 valence electrons. The van der Waals surface area contributed by atoms with Crippen molar-refractivity contribution in [2.24, 2.45) is 11.5 Å². The van der Waals surface area contributed by atoms with Gasteiger partial charge >= 0.3 is 11.9 Å². The van der Waals surface area contributed by atoms with Crippen LogP contribution < -0.4 is 27.4 Å². The van der Waals surface area contributed by atoms with Crippen molar-refractivity contribution in [2.75, 3.05) is 0 Å². The van der Waals surface area contributed by atoms with Crippen molar-refractivity contribution in [2.45, 2.75) is 69.8 Å². The van der Waals surface area contributed by atoms with Crippen LogP contribution in [0.5, 0.6) is 0 Å². The third kappa shape index (κ3) is 10.9. The van der Waals surface area contributed by atoms with Gasteiger partial charge in [-0.25, -0.2) is 0 Å². The lowest BCUT2D eigenvalue weighted by Gasteiger charge is -2.26. The number of carboxylic acids is 2. The Morgan fingerprint density at radius 3 is 1.87 bits per heavy atom. The van der Waals surface area contributed by atoms with Gasteiger partial charge in [-0.15, -0.1) is 0 Å². The van der Waals surface area contributed by atoms with E-state index in [1.807, 2.05) is 0 Å². The maximum atomic E-state index is 12.6. The van der Waals surface area contributed by atoms with E-state index in [-0.39, 0.29) is 19.3 Å². The third-order valence-corrected chi connectivity index (χ3v) is 4.11. The number of carboxylic acid groups (broad SMARTS) is 2. The van der Waals surface area contributed by atoms with E-state index in [0.29, 0.717) is 0 Å². The molecule has 0 aromatic rings. The lowest BCUT2D eigenvalue weighted by molar-refractivity contribution is -0.142. The Labute approximate surface area is 177 Å². The van der Waals surface area contributed by atoms with Crippen LogP contribution >= 0.6 is 0 Å². The van der Waals surface area contributed by atoms with E-state index in [1.165, 1.54) is 13.8 Å². The lowest BCUT2D eigenvalue weighted by atomic mass is 10.1. The van der Waals surface area contributed by atoms with E-state index in [9.17, 15) is 33.9 Å². The normalized spacial score (nSPS) is 15.5. The molecule has 0 heterocycles. The fourth-order valence-electron chi connectivity index (χ4n) is 2.27. The number of rotatable bonds is 14. The average Bonchev–Trinajstić information content (AvgIpc) is 2.65. The van der Waals surface area contributed by atoms with Gasteiger partial charge in [0.05, 0.1) is 12.1 Å². The van der Waals surface area contributed by atoms with E-state index >= 15 is 0 Å². The Bertz CT molecular complexity index is 697. The average molecular weight is 447 g/mol. The summed E-state index contributed by atoms with van der Waals surface area (Å²) in [5, 5.41) is 33.9. The fraction of sp³-hybridized carbons (Fsp3) is 0.647. The molecule has 5 unspecified atom stereocenters. The second kappa shape index (κ2) is 13.1. The summed E-state index contributed by atoms with van der Waals surface area (Å²) in [6, 6.07) is -5.51. The molecule has 0 radical (unpaired) electrons. The molecule has 14 heteroatoms. The van der Waals surface area contributed by atoms with Crippen molar-refractivity contribution in [1.29, 1.82) is 0 Å². The van der Waals surface area contributed by atoms with Gasteiger partial charge in [0, 0.05) is 12.8 Å². The molecule has 4 amide bonds. The molecule has 0 rings (SSSR count). The molecule has 31 heavy (non-hydrogen) atoms. The van der Waals surface area contributed by atoms with Gasteiger partial charge < -0.3 is 42.7 Å². The summed E-state index contributed by atoms with van der Waals surface area (Å²) in [7, 11) is 0. The highest BCUT2D eigenvalue weighted by Gasteiger charge is 2.32. The quantitative estimate of drug-likeness (QED) is 0.130. The molecular formula is C17H29N5O9. The molecule has 0 saturated heterocycles. The van der Waals surface area contributed by atoms with Crippen LogP contribution in [0.1, 0.15) is 39.5 Å². The lowest BCUT2D eigenvalue weighted by Crippen LogP contribution is -2.59. The highest BCUT2D eigenvalue weighted by Crippen LogP contribution is 2.03. The molecule has 0 aliphatic carbocycles. The van der Waals surface area contributed by atoms with Gasteiger partial charge in [0.2, 0.25) is 23.6 Å². The zero-order valence-electron chi connectivity index (χ0n) is 17.2. The molecule has 5 atom stereocenters. The summed E-state index contributed by atoms with van der Waals surface area (Å²) in [5.41, 5.74) is 10.6. The van der Waals surface area contributed by atoms with Crippen LogP contribution in [0.15, 0.2) is 0 Å². The van der Waals surface area contributed by atoms with E-state index in [4.69, 9.17) is 21.7 Å². The number of nitrogens with two attached hydrogens (primary N) is 2. The summed E-state index contributed by atoms with van der Waals surface area (Å²) in [4.78, 5) is 69.5. The minimum atomic E-state index is -1.57. The first kappa shape index (κ1) is 27.7. The summed E-state index contributed by atoms with van der Waals surface area (Å²) >= 11 is 0. The van der Waals surface area contributed by atoms with E-state index in [2.05, 4.69) is 16.0 Å². The molecule has 10 N–H and O–H groups in total. The second-order valence-corrected chi connectivity index (χ2v) is 6.90. The van der Waals surface area contributed by atoms with Crippen molar-refractivity contribution in [3.05, 3.63) is 0 Å². The first-order valence-corrected chi connectivity index (χ1v) is 9.33. The Kier molecular flexibility index (Phi) is 11.7. The van der Waals surface area contributed by atoms with Gasteiger partial charge in [-0.3, -0.25) is 28.8 Å². The van der Waals surface area contributed by atoms with E-state index in [0.717, 1.165) is 0 Å². The SMILES string of the molecule is CC(NC(=O)C(CCC(N)=O)NC(=O)C(NC(=O)C(N)CCC(=O)O)C(C)O)C(=O)O. The molecule has 0 bridgehead atoms. The molecule has 0 saturated carbocycles. The molecule has 14 nitrogen and oxygen atoms in total. The summed E-state index contributed by atoms with van der Waals surface area (Å²) in [6.45, 7) is 2.36. The van der Waals surface area contributed by atoms with E-state index < -0.39 is 72.3 Å². The minimum absolute atomic E-state index is 0.216. The van der Waals surface area contributed by atoms with Gasteiger partial charge in [-0.05, 0) is 26.7 Å². The minimum Gasteiger partial charge on any atom is -0.481 e. The number of amides is 4. The Morgan fingerprint density at radius 2 is 1.42 bits per heavy atom. The predicted molar refractivity (Wildman–Crippen MR) is 104 cm³/mol. The van der Waals surface area contributed by atoms with E-state index in [1.54, 1.807) is 0 Å². The number of aliphatic carboxylic acids is 2. The standard InChI is InChI=1S/C17H29N5O9/c1-7(17(30)31)20-15(28)10(4-5-11(19)24)21-16(29)13(8(2)23)22-14(27)9(18)3-6-12(25)26/h7-10,13,23H,3-6,18H2,1-2H3,(H2,19,24)(H,20,28)(H,21,29)(H,22,27)(H,25,26)(H,30,31). The zero-order valence-corrected chi connectivity index (χ0v) is 17.2. The highest BCUT2D eigenvalue weighted by molar-refractivity contribution is 5.94. The largest absolute Gasteiger partial charge is 0.481 e. The van der Waals surface area contributed by atoms with Crippen LogP contribution in [0, 0.1) is 0 Å². The molecule has 0 fully saturated rings. The topological polar surface area (TPSA) is 251 Å². The molecule has 0 aliphatic rings. The Balaban J connectivity index is 5.29. The van der Waals surface area contributed by atoms with Crippen LogP contribution in [0.4, 0.5) is 0 Å². The third-order valence-electron chi connectivity index (χ3n) is 4.11. The zero-order chi connectivity index (χ0) is 24.3. The van der Waals surface area contributed by atoms with Crippen LogP contribution in [0.3, 0.4) is 0 Å². The number of aliphatic hydroxyl groups excluding tert-OH is 1. The number of aliphatic hydroxyl groups is 1. The highest BCUT2D eigenvalue weighted by atomic mass is 16.4. The van der Waals surface area contributed by atoms with Crippen molar-refractivity contribution < 1.29 is 44.1 Å². The molecule has 0 spiro atoms. The van der Waals surface area contributed by atoms with Gasteiger partial charge in [0.1, 0.15) is 18.1 Å². The maximum Gasteiger partial charge on any atom is 0.325 e. The summed E-state index contributed by atoms with van der Waals surface area (Å²) < 4.78 is 0. The smallest absolute Gasteiger partial charge is 0.325 e. The fourth-order valence-corrected chi connectivity index (χ4v) is 2.27. The van der Waals surface area contributed by atoms with Gasteiger partial charge in [-0.2, -0.15) is 0 Å². The number of hydrogen-bond donors (Lipinski definition) is 8. The van der Waals surface area contributed by atoms with Crippen LogP contribution in [-0.2, 0) is 28.8 Å². The number of hydrogen-bond acceptors (Lipinski definition) is 8. The predicted octanol–water partition coefficient (Wildman–Crippen LogP) is -3.62. The maximum absolute atomic E-state index is 12.6. The number of nitrogens with one attached hydrogen (secondary N) is 3. The molecular weight excluding hydrogens is 418 g/mol. The first-order chi connectivity index (χ1) is 14.3. The van der Waals surface area contributed by atoms with Crippen molar-refractivity contribution in [1.82, 2.24) is 16.0 Å². The molecule has 0 aliphatic heterocycles. The number of primary amides is 1. The van der Waals surface area contributed by atoms with Crippen LogP contribution in [0.2, 0.25) is 0 Å². The van der Waals surface area contributed by atoms with Gasteiger partial charge in [-0.1, -0.05) is 0 Å². The molecule has 0 aromatic heterocycles. The van der Waals surface area contributed by atoms with Gasteiger partial charge in [0.25, 0.3) is 0 Å². The number of carbonyl (C=O) groups excluding carboxylic acids is 4. The van der Waals surface area contributed by atoms with Crippen molar-refractivity contribution in [3.8, 4) is 0 Å². The second-order valence-electron chi connectivity index (χ2n) is 6.90. The Hall–Kier alpha value is -3.26. The number of carbonyl (C=O) groups is 6. The van der Waals surface area contributed by atoms with Crippen LogP contribution in [0.25, 0.3) is 0 Å². The first-order valence-electron chi connectivity index (χ1n) is 9.33. The Morgan fingerprint density at radius 1 is 0.839 bits per heavy atom. The van der Waals surface area contributed by atoms with Crippen LogP contribution in [-0.4, -0.2) is 81.2 Å². The summed E-state index contributed by atoms with van der Waals surface area (Å²) in [6.07, 6.45) is -2.62. The van der Waals surface area contributed by atoms with Gasteiger partial charge in [0.15, 0.2) is 0 Å².